The minimum Gasteiger partial charge on any atom is -0.388 e. The lowest BCUT2D eigenvalue weighted by Gasteiger charge is -2.07. The Morgan fingerprint density at radius 1 is 1.25 bits per heavy atom. The fourth-order valence-corrected chi connectivity index (χ4v) is 3.24. The fraction of sp³-hybridized carbons (Fsp3) is 0.467. The van der Waals surface area contributed by atoms with E-state index in [1.54, 1.807) is 11.8 Å². The van der Waals surface area contributed by atoms with Crippen molar-refractivity contribution in [2.75, 3.05) is 5.75 Å². The summed E-state index contributed by atoms with van der Waals surface area (Å²) in [4.78, 5) is 0. The molecule has 0 spiro atoms. The zero-order chi connectivity index (χ0) is 13.9. The van der Waals surface area contributed by atoms with Gasteiger partial charge >= 0.3 is 0 Å². The van der Waals surface area contributed by atoms with Gasteiger partial charge in [0.1, 0.15) is 6.61 Å². The second kappa shape index (κ2) is 5.97. The Labute approximate surface area is 123 Å². The van der Waals surface area contributed by atoms with Crippen molar-refractivity contribution in [3.8, 4) is 0 Å². The summed E-state index contributed by atoms with van der Waals surface area (Å²) in [5, 5.41) is 18.5. The zero-order valence-electron chi connectivity index (χ0n) is 11.6. The molecule has 1 aromatic heterocycles. The highest BCUT2D eigenvalue weighted by Crippen LogP contribution is 2.38. The summed E-state index contributed by atoms with van der Waals surface area (Å²) in [6.07, 6.45) is 3.38. The molecule has 0 saturated heterocycles. The van der Waals surface area contributed by atoms with E-state index in [4.69, 9.17) is 0 Å². The van der Waals surface area contributed by atoms with Crippen LogP contribution in [0.15, 0.2) is 29.4 Å². The number of aliphatic hydroxyl groups excluding tert-OH is 1. The number of aryl methyl sites for hydroxylation is 2. The van der Waals surface area contributed by atoms with E-state index in [-0.39, 0.29) is 6.61 Å². The minimum absolute atomic E-state index is 0.0258. The van der Waals surface area contributed by atoms with Gasteiger partial charge in [-0.05, 0) is 31.7 Å². The lowest BCUT2D eigenvalue weighted by Crippen LogP contribution is -2.03. The summed E-state index contributed by atoms with van der Waals surface area (Å²) in [5.74, 6) is 1.68. The molecule has 0 amide bonds. The Hall–Kier alpha value is -1.33. The number of hydrogen-bond donors (Lipinski definition) is 1. The van der Waals surface area contributed by atoms with Crippen LogP contribution >= 0.6 is 11.8 Å². The minimum atomic E-state index is -0.0258. The second-order valence-corrected chi connectivity index (χ2v) is 6.30. The van der Waals surface area contributed by atoms with Gasteiger partial charge in [0.25, 0.3) is 0 Å². The Bertz CT molecular complexity index is 575. The van der Waals surface area contributed by atoms with Gasteiger partial charge < -0.3 is 9.67 Å². The highest BCUT2D eigenvalue weighted by atomic mass is 32.2. The Morgan fingerprint density at radius 2 is 2.00 bits per heavy atom. The van der Waals surface area contributed by atoms with E-state index >= 15 is 0 Å². The van der Waals surface area contributed by atoms with Gasteiger partial charge in [0.05, 0.1) is 0 Å². The lowest BCUT2D eigenvalue weighted by atomic mass is 10.1. The number of nitrogens with zero attached hydrogens (tertiary/aromatic N) is 3. The van der Waals surface area contributed by atoms with Gasteiger partial charge in [0, 0.05) is 11.8 Å². The summed E-state index contributed by atoms with van der Waals surface area (Å²) < 4.78 is 2.11. The van der Waals surface area contributed by atoms with Crippen molar-refractivity contribution >= 4 is 11.8 Å². The summed E-state index contributed by atoms with van der Waals surface area (Å²) in [6, 6.07) is 9.17. The fourth-order valence-electron chi connectivity index (χ4n) is 2.23. The Morgan fingerprint density at radius 3 is 2.65 bits per heavy atom. The average molecular weight is 289 g/mol. The van der Waals surface area contributed by atoms with E-state index in [9.17, 15) is 5.11 Å². The predicted octanol–water partition coefficient (Wildman–Crippen LogP) is 2.75. The highest BCUT2D eigenvalue weighted by molar-refractivity contribution is 7.99. The number of thioether (sulfide) groups is 1. The van der Waals surface area contributed by atoms with Crippen molar-refractivity contribution in [3.63, 3.8) is 0 Å². The summed E-state index contributed by atoms with van der Waals surface area (Å²) in [5.41, 5.74) is 2.64. The van der Waals surface area contributed by atoms with Crippen LogP contribution in [0.3, 0.4) is 0 Å². The van der Waals surface area contributed by atoms with Crippen molar-refractivity contribution in [1.82, 2.24) is 14.8 Å². The van der Waals surface area contributed by atoms with Crippen LogP contribution in [0.25, 0.3) is 0 Å². The molecule has 5 heteroatoms. The van der Waals surface area contributed by atoms with E-state index in [0.29, 0.717) is 11.9 Å². The molecule has 1 saturated carbocycles. The quantitative estimate of drug-likeness (QED) is 0.831. The molecule has 2 aromatic rings. The first kappa shape index (κ1) is 13.6. The zero-order valence-corrected chi connectivity index (χ0v) is 12.4. The second-order valence-electron chi connectivity index (χ2n) is 5.24. The van der Waals surface area contributed by atoms with Gasteiger partial charge in [-0.15, -0.1) is 10.2 Å². The number of aromatic nitrogens is 3. The molecule has 1 heterocycles. The largest absolute Gasteiger partial charge is 0.388 e. The van der Waals surface area contributed by atoms with Gasteiger partial charge in [-0.3, -0.25) is 0 Å². The molecule has 20 heavy (non-hydrogen) atoms. The molecule has 1 N–H and O–H groups in total. The van der Waals surface area contributed by atoms with Crippen LogP contribution < -0.4 is 0 Å². The average Bonchev–Trinajstić information content (AvgIpc) is 3.22. The van der Waals surface area contributed by atoms with Crippen LogP contribution in [0.4, 0.5) is 0 Å². The molecule has 1 aromatic carbocycles. The maximum atomic E-state index is 9.31. The van der Waals surface area contributed by atoms with Gasteiger partial charge in [0.15, 0.2) is 11.0 Å². The third-order valence-electron chi connectivity index (χ3n) is 3.53. The van der Waals surface area contributed by atoms with E-state index in [0.717, 1.165) is 17.3 Å². The molecule has 0 atom stereocenters. The highest BCUT2D eigenvalue weighted by Gasteiger charge is 2.29. The van der Waals surface area contributed by atoms with Crippen LogP contribution in [0, 0.1) is 6.92 Å². The van der Waals surface area contributed by atoms with Crippen molar-refractivity contribution in [2.24, 2.45) is 0 Å². The molecular weight excluding hydrogens is 270 g/mol. The van der Waals surface area contributed by atoms with E-state index < -0.39 is 0 Å². The lowest BCUT2D eigenvalue weighted by molar-refractivity contribution is 0.263. The molecule has 3 rings (SSSR count). The van der Waals surface area contributed by atoms with Crippen LogP contribution in [0.5, 0.6) is 0 Å². The Balaban J connectivity index is 1.61. The first-order chi connectivity index (χ1) is 9.78. The third-order valence-corrected chi connectivity index (χ3v) is 4.48. The van der Waals surface area contributed by atoms with Crippen LogP contribution in [0.1, 0.15) is 35.8 Å². The maximum Gasteiger partial charge on any atom is 0.191 e. The van der Waals surface area contributed by atoms with Crippen LogP contribution in [-0.2, 0) is 13.0 Å². The van der Waals surface area contributed by atoms with E-state index in [1.165, 1.54) is 24.0 Å². The van der Waals surface area contributed by atoms with Crippen molar-refractivity contribution in [2.45, 2.75) is 44.0 Å². The van der Waals surface area contributed by atoms with E-state index in [2.05, 4.69) is 46.0 Å². The number of rotatable bonds is 6. The maximum absolute atomic E-state index is 9.31. The molecule has 106 valence electrons. The number of benzene rings is 1. The summed E-state index contributed by atoms with van der Waals surface area (Å²) in [6.45, 7) is 2.08. The molecule has 1 aliphatic rings. The molecule has 4 nitrogen and oxygen atoms in total. The topological polar surface area (TPSA) is 50.9 Å². The van der Waals surface area contributed by atoms with Crippen LogP contribution in [0.2, 0.25) is 0 Å². The van der Waals surface area contributed by atoms with Gasteiger partial charge in [-0.1, -0.05) is 41.6 Å². The summed E-state index contributed by atoms with van der Waals surface area (Å²) >= 11 is 1.73. The summed E-state index contributed by atoms with van der Waals surface area (Å²) in [7, 11) is 0. The standard InChI is InChI=1S/C15H19N3OS/c1-11-2-4-12(5-3-11)8-9-20-15-17-16-14(10-19)18(15)13-6-7-13/h2-5,13,19H,6-10H2,1H3. The molecule has 0 unspecified atom stereocenters. The van der Waals surface area contributed by atoms with Crippen molar-refractivity contribution in [1.29, 1.82) is 0 Å². The van der Waals surface area contributed by atoms with Gasteiger partial charge in [0.2, 0.25) is 0 Å². The first-order valence-electron chi connectivity index (χ1n) is 7.01. The normalized spacial score (nSPS) is 14.7. The van der Waals surface area contributed by atoms with Gasteiger partial charge in [-0.25, -0.2) is 0 Å². The van der Waals surface area contributed by atoms with Crippen molar-refractivity contribution in [3.05, 3.63) is 41.2 Å². The van der Waals surface area contributed by atoms with Crippen LogP contribution in [-0.4, -0.2) is 25.6 Å². The molecular formula is C15H19N3OS. The monoisotopic (exact) mass is 289 g/mol. The van der Waals surface area contributed by atoms with E-state index in [1.807, 2.05) is 0 Å². The third kappa shape index (κ3) is 3.04. The molecule has 1 fully saturated rings. The SMILES string of the molecule is Cc1ccc(CCSc2nnc(CO)n2C2CC2)cc1. The predicted molar refractivity (Wildman–Crippen MR) is 79.8 cm³/mol. The number of aliphatic hydroxyl groups is 1. The Kier molecular flexibility index (Phi) is 4.08. The molecule has 1 aliphatic carbocycles. The smallest absolute Gasteiger partial charge is 0.191 e. The van der Waals surface area contributed by atoms with Crippen molar-refractivity contribution < 1.29 is 5.11 Å². The van der Waals surface area contributed by atoms with Gasteiger partial charge in [-0.2, -0.15) is 0 Å². The molecule has 0 bridgehead atoms. The number of hydrogen-bond acceptors (Lipinski definition) is 4. The first-order valence-corrected chi connectivity index (χ1v) is 7.99. The molecule has 0 aliphatic heterocycles. The molecule has 0 radical (unpaired) electrons.